The number of nitrogens with zero attached hydrogens (tertiary/aromatic N) is 12. The minimum atomic E-state index is -1.44. The van der Waals surface area contributed by atoms with Gasteiger partial charge in [0.2, 0.25) is 11.8 Å². The molecule has 9 heterocycles. The van der Waals surface area contributed by atoms with Crippen LogP contribution in [0.15, 0.2) is 77.6 Å². The van der Waals surface area contributed by atoms with Gasteiger partial charge in [-0.05, 0) is 100 Å². The number of aromatic hydroxyl groups is 1. The van der Waals surface area contributed by atoms with Gasteiger partial charge in [0.25, 0.3) is 0 Å². The predicted octanol–water partition coefficient (Wildman–Crippen LogP) is 8.37. The lowest BCUT2D eigenvalue weighted by molar-refractivity contribution is -0.141. The summed E-state index contributed by atoms with van der Waals surface area (Å²) in [5, 5.41) is 34.2. The number of aliphatic hydroxyl groups is 1. The van der Waals surface area contributed by atoms with Gasteiger partial charge in [0.1, 0.15) is 58.4 Å². The number of anilines is 2. The van der Waals surface area contributed by atoms with Crippen LogP contribution in [-0.4, -0.2) is 192 Å². The zero-order chi connectivity index (χ0) is 64.2. The van der Waals surface area contributed by atoms with Crippen molar-refractivity contribution in [1.82, 2.24) is 54.8 Å². The molecule has 5 fully saturated rings. The van der Waals surface area contributed by atoms with Crippen LogP contribution in [0.4, 0.5) is 29.6 Å². The maximum atomic E-state index is 17.4. The van der Waals surface area contributed by atoms with Gasteiger partial charge in [0, 0.05) is 115 Å². The molecular formula is C67H78F3N13O8. The first-order chi connectivity index (χ1) is 43.5. The topological polar surface area (TPSA) is 224 Å². The molecule has 24 heteroatoms. The molecular weight excluding hydrogens is 1170 g/mol. The van der Waals surface area contributed by atoms with Crippen LogP contribution in [0.3, 0.4) is 0 Å². The van der Waals surface area contributed by atoms with Gasteiger partial charge < -0.3 is 44.2 Å². The summed E-state index contributed by atoms with van der Waals surface area (Å²) in [4.78, 5) is 67.4. The third-order valence-corrected chi connectivity index (χ3v) is 18.6. The van der Waals surface area contributed by atoms with E-state index in [0.29, 0.717) is 94.5 Å². The number of hydrogen-bond acceptors (Lipinski definition) is 17. The monoisotopic (exact) mass is 1250 g/mol. The van der Waals surface area contributed by atoms with Crippen LogP contribution in [-0.2, 0) is 21.4 Å². The number of aromatic nitrogens is 6. The number of benzene rings is 3. The number of halogens is 3. The summed E-state index contributed by atoms with van der Waals surface area (Å²) >= 11 is 0. The fraction of sp³-hybridized carbons (Fsp3) is 0.493. The number of carbonyl (C=O) groups excluding carboxylic acids is 3. The second kappa shape index (κ2) is 25.3. The molecule has 2 bridgehead atoms. The molecule has 6 atom stereocenters. The smallest absolute Gasteiger partial charge is 0.410 e. The lowest BCUT2D eigenvalue weighted by Crippen LogP contribution is -2.57. The van der Waals surface area contributed by atoms with Crippen molar-refractivity contribution in [2.45, 2.75) is 121 Å². The zero-order valence-corrected chi connectivity index (χ0v) is 52.4. The Hall–Kier alpha value is -8.53. The average Bonchev–Trinajstić information content (AvgIpc) is 1.57. The van der Waals surface area contributed by atoms with E-state index in [0.717, 1.165) is 29.7 Å². The van der Waals surface area contributed by atoms with Crippen molar-refractivity contribution in [3.8, 4) is 46.6 Å². The van der Waals surface area contributed by atoms with Crippen molar-refractivity contribution in [3.05, 3.63) is 102 Å². The van der Waals surface area contributed by atoms with Crippen LogP contribution in [0.2, 0.25) is 0 Å². The van der Waals surface area contributed by atoms with Crippen LogP contribution in [0, 0.1) is 29.9 Å². The van der Waals surface area contributed by atoms with Gasteiger partial charge in [-0.1, -0.05) is 55.3 Å². The highest BCUT2D eigenvalue weighted by Gasteiger charge is 2.47. The summed E-state index contributed by atoms with van der Waals surface area (Å²) in [7, 11) is 1.88. The van der Waals surface area contributed by atoms with Gasteiger partial charge in [-0.3, -0.25) is 34.0 Å². The van der Waals surface area contributed by atoms with Crippen molar-refractivity contribution in [2.24, 2.45) is 13.0 Å². The molecule has 5 aliphatic heterocycles. The molecule has 7 aromatic rings. The number of terminal acetylenes is 1. The molecule has 0 spiro atoms. The summed E-state index contributed by atoms with van der Waals surface area (Å²) in [5.41, 5.74) is 0.346. The minimum absolute atomic E-state index is 0.0114. The van der Waals surface area contributed by atoms with Gasteiger partial charge in [0.15, 0.2) is 17.4 Å². The fourth-order valence-corrected chi connectivity index (χ4v) is 13.9. The van der Waals surface area contributed by atoms with Gasteiger partial charge in [0.05, 0.1) is 40.9 Å². The normalized spacial score (nSPS) is 21.2. The number of ether oxygens (including phenoxy) is 2. The largest absolute Gasteiger partial charge is 0.508 e. The molecule has 91 heavy (non-hydrogen) atoms. The number of amides is 3. The highest BCUT2D eigenvalue weighted by Crippen LogP contribution is 2.42. The molecule has 5 aliphatic rings. The summed E-state index contributed by atoms with van der Waals surface area (Å²) in [5.74, 6) is 0.255. The molecule has 3 aromatic carbocycles. The van der Waals surface area contributed by atoms with Gasteiger partial charge in [-0.25, -0.2) is 18.0 Å². The Kier molecular flexibility index (Phi) is 17.4. The number of aliphatic hydroxyl groups excluding tert-OH is 1. The first-order valence-electron chi connectivity index (χ1n) is 31.4. The molecule has 0 aliphatic carbocycles. The van der Waals surface area contributed by atoms with E-state index < -0.39 is 47.1 Å². The third kappa shape index (κ3) is 12.9. The number of piperazine rings is 2. The third-order valence-electron chi connectivity index (χ3n) is 18.6. The molecule has 21 nitrogen and oxygen atoms in total. The number of aryl methyl sites for hydroxylation is 1. The van der Waals surface area contributed by atoms with E-state index in [1.54, 1.807) is 21.8 Å². The SMILES string of the molecule is C#Cc1c(F)ccc2cc(O)cc(-c3ncc4c(N5CC6CCC(C5)N6C(=O)OC(C)(C)C)nc(OCCN5CCC(F)(CN6CCN(c7cc([C@H](C(=O)N8C[C@H](O)C[C@H]8C(=O)N[C@@H](C)c8ccc(-c9ccnn9C)cc8)C(C)C)on7)CC6)CC5)nc4c3F)c12. The second-order valence-electron chi connectivity index (χ2n) is 26.4. The van der Waals surface area contributed by atoms with Crippen LogP contribution < -0.4 is 19.9 Å². The number of pyridine rings is 1. The number of likely N-dealkylation sites (tertiary alicyclic amines) is 2. The number of carbonyl (C=O) groups is 3. The highest BCUT2D eigenvalue weighted by molar-refractivity contribution is 6.03. The van der Waals surface area contributed by atoms with Crippen LogP contribution in [0.5, 0.6) is 11.8 Å². The number of rotatable bonds is 16. The van der Waals surface area contributed by atoms with E-state index in [1.165, 1.54) is 35.4 Å². The van der Waals surface area contributed by atoms with Crippen LogP contribution >= 0.6 is 0 Å². The molecule has 480 valence electrons. The van der Waals surface area contributed by atoms with Crippen molar-refractivity contribution in [2.75, 3.05) is 88.4 Å². The maximum Gasteiger partial charge on any atom is 0.410 e. The molecule has 2 unspecified atom stereocenters. The molecule has 5 saturated heterocycles. The Bertz CT molecular complexity index is 3890. The molecule has 12 rings (SSSR count). The number of nitrogens with one attached hydrogen (secondary N) is 1. The van der Waals surface area contributed by atoms with Crippen molar-refractivity contribution in [3.63, 3.8) is 0 Å². The molecule has 0 radical (unpaired) electrons. The van der Waals surface area contributed by atoms with Crippen LogP contribution in [0.25, 0.3) is 44.2 Å². The Labute approximate surface area is 526 Å². The Morgan fingerprint density at radius 3 is 2.31 bits per heavy atom. The van der Waals surface area contributed by atoms with Crippen LogP contribution in [0.1, 0.15) is 102 Å². The van der Waals surface area contributed by atoms with Gasteiger partial charge in [-0.15, -0.1) is 6.42 Å². The van der Waals surface area contributed by atoms with E-state index >= 15 is 13.2 Å². The van der Waals surface area contributed by atoms with E-state index in [1.807, 2.05) is 83.8 Å². The lowest BCUT2D eigenvalue weighted by Gasteiger charge is -2.42. The molecule has 4 aromatic heterocycles. The van der Waals surface area contributed by atoms with Crippen molar-refractivity contribution >= 4 is 51.2 Å². The van der Waals surface area contributed by atoms with Gasteiger partial charge >= 0.3 is 12.1 Å². The number of phenols is 1. The Morgan fingerprint density at radius 2 is 1.64 bits per heavy atom. The summed E-state index contributed by atoms with van der Waals surface area (Å²) in [6, 6.07) is 15.2. The zero-order valence-electron chi connectivity index (χ0n) is 52.4. The molecule has 0 saturated carbocycles. The maximum absolute atomic E-state index is 17.4. The Balaban J connectivity index is 0.663. The first kappa shape index (κ1) is 62.7. The number of β-amino-alcohol motifs (C(OH)–C–C–N with tert-alkyl or cyclic N) is 1. The minimum Gasteiger partial charge on any atom is -0.508 e. The summed E-state index contributed by atoms with van der Waals surface area (Å²) < 4.78 is 69.1. The highest BCUT2D eigenvalue weighted by atomic mass is 19.1. The molecule has 3 amide bonds. The van der Waals surface area contributed by atoms with E-state index in [4.69, 9.17) is 25.4 Å². The number of piperidine rings is 1. The number of fused-ring (bicyclic) bond motifs is 4. The van der Waals surface area contributed by atoms with Crippen molar-refractivity contribution in [1.29, 1.82) is 0 Å². The summed E-state index contributed by atoms with van der Waals surface area (Å²) in [6.45, 7) is 15.9. The van der Waals surface area contributed by atoms with Gasteiger partial charge in [-0.2, -0.15) is 15.1 Å². The number of phenolic OH excluding ortho intramolecular Hbond substituents is 1. The lowest BCUT2D eigenvalue weighted by atomic mass is 9.91. The summed E-state index contributed by atoms with van der Waals surface area (Å²) in [6.07, 6.45) is 9.88. The van der Waals surface area contributed by atoms with E-state index in [9.17, 15) is 24.6 Å². The van der Waals surface area contributed by atoms with E-state index in [-0.39, 0.29) is 107 Å². The standard InChI is InChI=1S/C67H78F3N13O8/c1-9-48-51(68)17-14-43-30-46(84)31-49(57(43)48)59-58(69)60-50(34-71-59)61(81-35-44-15-16-45(36-81)83(44)65(88)90-66(5,6)7)75-64(74-60)89-29-28-78-22-19-67(70,20-23-78)38-79-24-26-80(27-25-79)55-33-54(91-76-55)56(39(2)3)63(87)82-37-47(85)32-53(82)62(86)73-40(4)41-10-12-42(13-11-41)52-18-21-72-77(52)8/h1,10-14,17-18,21,30-31,33-34,39-40,44-45,47,53,56,84-85H,15-16,19-20,22-29,32,35-38H2,2-8H3,(H,73,86)/t40-,44?,45?,47+,53-,56+/m0/s1. The second-order valence-corrected chi connectivity index (χ2v) is 26.4. The quantitative estimate of drug-likeness (QED) is 0.0773. The van der Waals surface area contributed by atoms with Crippen molar-refractivity contribution < 1.29 is 51.8 Å². The van der Waals surface area contributed by atoms with E-state index in [2.05, 4.69) is 46.2 Å². The number of hydrogen-bond donors (Lipinski definition) is 3. The molecule has 3 N–H and O–H groups in total. The number of alkyl halides is 1. The average molecular weight is 1250 g/mol. The Morgan fingerprint density at radius 1 is 0.912 bits per heavy atom. The fourth-order valence-electron chi connectivity index (χ4n) is 13.9. The predicted molar refractivity (Wildman–Crippen MR) is 336 cm³/mol. The first-order valence-corrected chi connectivity index (χ1v) is 31.4.